The zero-order valence-electron chi connectivity index (χ0n) is 14.5. The molecule has 1 aromatic carbocycles. The molecule has 1 aromatic heterocycles. The monoisotopic (exact) mass is 331 g/mol. The van der Waals surface area contributed by atoms with Crippen molar-refractivity contribution >= 4 is 16.7 Å². The minimum atomic E-state index is -0.957. The number of benzene rings is 1. The first-order valence-electron chi connectivity index (χ1n) is 8.22. The Morgan fingerprint density at radius 2 is 2.08 bits per heavy atom. The van der Waals surface area contributed by atoms with Crippen LogP contribution in [0.2, 0.25) is 0 Å². The van der Waals surface area contributed by atoms with E-state index < -0.39 is 5.60 Å². The number of amides is 1. The van der Waals surface area contributed by atoms with Gasteiger partial charge in [-0.3, -0.25) is 9.59 Å². The lowest BCUT2D eigenvalue weighted by molar-refractivity contribution is -0.123. The van der Waals surface area contributed by atoms with E-state index in [1.54, 1.807) is 31.3 Å². The molecular weight excluding hydrogens is 306 g/mol. The summed E-state index contributed by atoms with van der Waals surface area (Å²) >= 11 is 0. The Morgan fingerprint density at radius 1 is 1.38 bits per heavy atom. The lowest BCUT2D eigenvalue weighted by Crippen LogP contribution is -2.43. The number of hydrogen-bond donors (Lipinski definition) is 2. The highest BCUT2D eigenvalue weighted by atomic mass is 16.3. The number of fused-ring (bicyclic) bond motifs is 1. The predicted octanol–water partition coefficient (Wildman–Crippen LogP) is 1.70. The number of aliphatic hydroxyl groups is 1. The molecule has 24 heavy (non-hydrogen) atoms. The Morgan fingerprint density at radius 3 is 2.79 bits per heavy atom. The summed E-state index contributed by atoms with van der Waals surface area (Å²) in [5.74, 6) is 0.150. The average molecular weight is 331 g/mol. The van der Waals surface area contributed by atoms with E-state index in [2.05, 4.69) is 24.3 Å². The Labute approximate surface area is 141 Å². The van der Waals surface area contributed by atoms with Gasteiger partial charge in [-0.25, -0.2) is 4.68 Å². The van der Waals surface area contributed by atoms with Crippen LogP contribution in [0.15, 0.2) is 35.3 Å². The molecule has 0 aliphatic carbocycles. The number of aromatic nitrogens is 2. The lowest BCUT2D eigenvalue weighted by atomic mass is 9.95. The molecule has 130 valence electrons. The van der Waals surface area contributed by atoms with E-state index in [0.717, 1.165) is 16.5 Å². The number of nitrogens with one attached hydrogen (secondary N) is 1. The Hall–Kier alpha value is -2.21. The number of hydrogen-bond acceptors (Lipinski definition) is 4. The summed E-state index contributed by atoms with van der Waals surface area (Å²) in [7, 11) is 0. The van der Waals surface area contributed by atoms with Crippen molar-refractivity contribution in [1.29, 1.82) is 0 Å². The smallest absolute Gasteiger partial charge is 0.275 e. The second kappa shape index (κ2) is 7.57. The molecule has 0 aliphatic heterocycles. The molecule has 1 amide bonds. The van der Waals surface area contributed by atoms with Crippen molar-refractivity contribution in [1.82, 2.24) is 15.1 Å². The fraction of sp³-hybridized carbons (Fsp3) is 0.500. The molecule has 0 radical (unpaired) electrons. The third kappa shape index (κ3) is 4.89. The van der Waals surface area contributed by atoms with E-state index in [-0.39, 0.29) is 24.6 Å². The van der Waals surface area contributed by atoms with Crippen molar-refractivity contribution in [3.8, 4) is 0 Å². The SMILES string of the molecule is CC(C)CCC(C)(O)CNC(=O)Cn1ncc2ccccc2c1=O. The zero-order chi connectivity index (χ0) is 17.7. The molecule has 1 unspecified atom stereocenters. The number of nitrogens with zero attached hydrogens (tertiary/aromatic N) is 2. The molecule has 1 atom stereocenters. The van der Waals surface area contributed by atoms with Crippen LogP contribution in [-0.4, -0.2) is 32.9 Å². The van der Waals surface area contributed by atoms with Gasteiger partial charge in [0.15, 0.2) is 0 Å². The van der Waals surface area contributed by atoms with Crippen LogP contribution >= 0.6 is 0 Å². The van der Waals surface area contributed by atoms with Crippen LogP contribution in [0.1, 0.15) is 33.6 Å². The van der Waals surface area contributed by atoms with E-state index in [1.165, 1.54) is 0 Å². The molecule has 0 aliphatic rings. The molecule has 0 bridgehead atoms. The fourth-order valence-electron chi connectivity index (χ4n) is 2.41. The summed E-state index contributed by atoms with van der Waals surface area (Å²) in [6.45, 7) is 5.87. The molecule has 6 heteroatoms. The van der Waals surface area contributed by atoms with Crippen molar-refractivity contribution in [2.24, 2.45) is 5.92 Å². The van der Waals surface area contributed by atoms with Gasteiger partial charge in [0.1, 0.15) is 6.54 Å². The highest BCUT2D eigenvalue weighted by Crippen LogP contribution is 2.15. The lowest BCUT2D eigenvalue weighted by Gasteiger charge is -2.24. The molecule has 2 rings (SSSR count). The standard InChI is InChI=1S/C18H25N3O3/c1-13(2)8-9-18(3,24)12-19-16(22)11-21-17(23)15-7-5-4-6-14(15)10-20-21/h4-7,10,13,24H,8-9,11-12H2,1-3H3,(H,19,22). The van der Waals surface area contributed by atoms with Gasteiger partial charge in [-0.15, -0.1) is 0 Å². The van der Waals surface area contributed by atoms with E-state index in [9.17, 15) is 14.7 Å². The van der Waals surface area contributed by atoms with Gasteiger partial charge in [0.25, 0.3) is 5.56 Å². The largest absolute Gasteiger partial charge is 0.388 e. The molecular formula is C18H25N3O3. The van der Waals surface area contributed by atoms with Crippen molar-refractivity contribution in [2.75, 3.05) is 6.54 Å². The van der Waals surface area contributed by atoms with Gasteiger partial charge in [0.05, 0.1) is 17.2 Å². The average Bonchev–Trinajstić information content (AvgIpc) is 2.54. The first-order chi connectivity index (χ1) is 11.3. The maximum absolute atomic E-state index is 12.3. The molecule has 0 fully saturated rings. The van der Waals surface area contributed by atoms with E-state index >= 15 is 0 Å². The first-order valence-corrected chi connectivity index (χ1v) is 8.22. The zero-order valence-corrected chi connectivity index (χ0v) is 14.5. The van der Waals surface area contributed by atoms with Crippen LogP contribution in [0, 0.1) is 5.92 Å². The van der Waals surface area contributed by atoms with Crippen molar-refractivity contribution in [3.63, 3.8) is 0 Å². The summed E-state index contributed by atoms with van der Waals surface area (Å²) in [4.78, 5) is 24.4. The normalized spacial score (nSPS) is 13.9. The van der Waals surface area contributed by atoms with E-state index in [4.69, 9.17) is 0 Å². The first kappa shape index (κ1) is 18.1. The molecule has 2 aromatic rings. The van der Waals surface area contributed by atoms with Crippen LogP contribution < -0.4 is 10.9 Å². The summed E-state index contributed by atoms with van der Waals surface area (Å²) in [6, 6.07) is 7.13. The van der Waals surface area contributed by atoms with Crippen LogP contribution in [-0.2, 0) is 11.3 Å². The van der Waals surface area contributed by atoms with Gasteiger partial charge in [-0.1, -0.05) is 32.0 Å². The van der Waals surface area contributed by atoms with E-state index in [1.807, 2.05) is 6.07 Å². The molecule has 0 saturated carbocycles. The van der Waals surface area contributed by atoms with Gasteiger partial charge in [-0.05, 0) is 31.7 Å². The summed E-state index contributed by atoms with van der Waals surface area (Å²) < 4.78 is 1.14. The van der Waals surface area contributed by atoms with Crippen LogP contribution in [0.5, 0.6) is 0 Å². The van der Waals surface area contributed by atoms with Crippen molar-refractivity contribution in [2.45, 2.75) is 45.8 Å². The van der Waals surface area contributed by atoms with Crippen molar-refractivity contribution < 1.29 is 9.90 Å². The highest BCUT2D eigenvalue weighted by molar-refractivity contribution is 5.81. The number of carbonyl (C=O) groups is 1. The predicted molar refractivity (Wildman–Crippen MR) is 93.7 cm³/mol. The maximum Gasteiger partial charge on any atom is 0.275 e. The van der Waals surface area contributed by atoms with Gasteiger partial charge in [-0.2, -0.15) is 5.10 Å². The molecule has 0 spiro atoms. The third-order valence-corrected chi connectivity index (χ3v) is 3.98. The number of rotatable bonds is 7. The Balaban J connectivity index is 1.98. The Bertz CT molecular complexity index is 765. The van der Waals surface area contributed by atoms with Gasteiger partial charge < -0.3 is 10.4 Å². The molecule has 0 saturated heterocycles. The topological polar surface area (TPSA) is 84.2 Å². The maximum atomic E-state index is 12.3. The van der Waals surface area contributed by atoms with Crippen LogP contribution in [0.3, 0.4) is 0 Å². The second-order valence-electron chi connectivity index (χ2n) is 6.90. The van der Waals surface area contributed by atoms with Gasteiger partial charge in [0, 0.05) is 11.9 Å². The Kier molecular flexibility index (Phi) is 5.72. The summed E-state index contributed by atoms with van der Waals surface area (Å²) in [5.41, 5.74) is -1.25. The second-order valence-corrected chi connectivity index (χ2v) is 6.90. The molecule has 1 heterocycles. The fourth-order valence-corrected chi connectivity index (χ4v) is 2.41. The molecule has 6 nitrogen and oxygen atoms in total. The van der Waals surface area contributed by atoms with Gasteiger partial charge >= 0.3 is 0 Å². The van der Waals surface area contributed by atoms with E-state index in [0.29, 0.717) is 17.7 Å². The van der Waals surface area contributed by atoms with Gasteiger partial charge in [0.2, 0.25) is 5.91 Å². The molecule has 2 N–H and O–H groups in total. The van der Waals surface area contributed by atoms with Crippen molar-refractivity contribution in [3.05, 3.63) is 40.8 Å². The third-order valence-electron chi connectivity index (χ3n) is 3.98. The van der Waals surface area contributed by atoms with Crippen LogP contribution in [0.4, 0.5) is 0 Å². The summed E-state index contributed by atoms with van der Waals surface area (Å²) in [6.07, 6.45) is 3.07. The minimum Gasteiger partial charge on any atom is -0.388 e. The number of carbonyl (C=O) groups excluding carboxylic acids is 1. The minimum absolute atomic E-state index is 0.154. The summed E-state index contributed by atoms with van der Waals surface area (Å²) in [5, 5.41) is 18.3. The van der Waals surface area contributed by atoms with Crippen LogP contribution in [0.25, 0.3) is 10.8 Å². The quantitative estimate of drug-likeness (QED) is 0.809. The highest BCUT2D eigenvalue weighted by Gasteiger charge is 2.21.